The fourth-order valence-corrected chi connectivity index (χ4v) is 4.60. The van der Waals surface area contributed by atoms with Crippen LogP contribution in [-0.4, -0.2) is 66.2 Å². The minimum atomic E-state index is 0.200. The number of amides is 1. The third-order valence-electron chi connectivity index (χ3n) is 3.69. The van der Waals surface area contributed by atoms with Gasteiger partial charge in [0.1, 0.15) is 0 Å². The second-order valence-electron chi connectivity index (χ2n) is 5.77. The Morgan fingerprint density at radius 1 is 1.41 bits per heavy atom. The summed E-state index contributed by atoms with van der Waals surface area (Å²) < 4.78 is 0. The second-order valence-corrected chi connectivity index (χ2v) is 8.23. The monoisotopic (exact) mass is 338 g/mol. The van der Waals surface area contributed by atoms with E-state index in [1.165, 1.54) is 0 Å². The Morgan fingerprint density at radius 3 is 2.91 bits per heavy atom. The smallest absolute Gasteiger partial charge is 0.255 e. The van der Waals surface area contributed by atoms with Crippen molar-refractivity contribution < 1.29 is 4.79 Å². The van der Waals surface area contributed by atoms with Crippen LogP contribution >= 0.6 is 23.5 Å². The highest BCUT2D eigenvalue weighted by Crippen LogP contribution is 2.26. The number of carbonyl (C=O) groups is 1. The van der Waals surface area contributed by atoms with E-state index in [0.717, 1.165) is 47.2 Å². The maximum atomic E-state index is 13.1. The summed E-state index contributed by atoms with van der Waals surface area (Å²) in [5, 5.41) is 0. The van der Waals surface area contributed by atoms with Crippen molar-refractivity contribution in [2.45, 2.75) is 24.3 Å². The summed E-state index contributed by atoms with van der Waals surface area (Å²) >= 11 is 3.72. The third kappa shape index (κ3) is 4.67. The maximum absolute atomic E-state index is 13.1. The highest BCUT2D eigenvalue weighted by Gasteiger charge is 2.28. The summed E-state index contributed by atoms with van der Waals surface area (Å²) in [5.74, 6) is 3.37. The molecule has 1 aliphatic heterocycles. The molecule has 1 aromatic carbocycles. The molecule has 122 valence electrons. The van der Waals surface area contributed by atoms with E-state index in [4.69, 9.17) is 0 Å². The van der Waals surface area contributed by atoms with Crippen LogP contribution in [0.2, 0.25) is 0 Å². The molecule has 1 fully saturated rings. The molecule has 0 saturated carbocycles. The Labute approximate surface area is 142 Å². The number of thioether (sulfide) groups is 2. The number of hydrogen-bond acceptors (Lipinski definition) is 4. The predicted octanol–water partition coefficient (Wildman–Crippen LogP) is 3.31. The predicted molar refractivity (Wildman–Crippen MR) is 98.2 cm³/mol. The van der Waals surface area contributed by atoms with Crippen molar-refractivity contribution in [1.29, 1.82) is 0 Å². The molecular weight excluding hydrogens is 312 g/mol. The molecule has 1 atom stereocenters. The molecule has 0 N–H and O–H groups in total. The Kier molecular flexibility index (Phi) is 7.12. The highest BCUT2D eigenvalue weighted by atomic mass is 32.2. The first-order chi connectivity index (χ1) is 10.6. The van der Waals surface area contributed by atoms with E-state index in [-0.39, 0.29) is 5.91 Å². The lowest BCUT2D eigenvalue weighted by Crippen LogP contribution is -2.46. The molecule has 1 amide bonds. The number of likely N-dealkylation sites (N-methyl/N-ethyl adjacent to an activating group) is 1. The van der Waals surface area contributed by atoms with Gasteiger partial charge in [-0.2, -0.15) is 11.8 Å². The third-order valence-corrected chi connectivity index (χ3v) is 5.85. The van der Waals surface area contributed by atoms with Gasteiger partial charge in [0.2, 0.25) is 0 Å². The van der Waals surface area contributed by atoms with Gasteiger partial charge in [-0.1, -0.05) is 19.1 Å². The van der Waals surface area contributed by atoms with Crippen LogP contribution in [0.15, 0.2) is 29.2 Å². The van der Waals surface area contributed by atoms with Crippen LogP contribution in [0, 0.1) is 0 Å². The van der Waals surface area contributed by atoms with E-state index in [2.05, 4.69) is 36.9 Å². The van der Waals surface area contributed by atoms with E-state index in [0.29, 0.717) is 6.04 Å². The highest BCUT2D eigenvalue weighted by molar-refractivity contribution is 7.99. The van der Waals surface area contributed by atoms with Gasteiger partial charge in [0, 0.05) is 23.7 Å². The first-order valence-corrected chi connectivity index (χ1v) is 10.0. The normalized spacial score (nSPS) is 19.3. The zero-order valence-corrected chi connectivity index (χ0v) is 15.4. The van der Waals surface area contributed by atoms with E-state index < -0.39 is 0 Å². The second kappa shape index (κ2) is 8.85. The molecule has 22 heavy (non-hydrogen) atoms. The van der Waals surface area contributed by atoms with Crippen molar-refractivity contribution in [3.05, 3.63) is 29.8 Å². The lowest BCUT2D eigenvalue weighted by molar-refractivity contribution is 0.0672. The molecule has 3 nitrogen and oxygen atoms in total. The van der Waals surface area contributed by atoms with Gasteiger partial charge in [-0.3, -0.25) is 4.79 Å². The first-order valence-electron chi connectivity index (χ1n) is 7.88. The summed E-state index contributed by atoms with van der Waals surface area (Å²) in [4.78, 5) is 18.5. The van der Waals surface area contributed by atoms with Gasteiger partial charge in [0.05, 0.1) is 11.6 Å². The Hall–Kier alpha value is -0.650. The number of rotatable bonds is 5. The van der Waals surface area contributed by atoms with E-state index in [9.17, 15) is 4.79 Å². The molecule has 0 bridgehead atoms. The van der Waals surface area contributed by atoms with Crippen LogP contribution in [0.1, 0.15) is 23.7 Å². The molecule has 0 aliphatic carbocycles. The first kappa shape index (κ1) is 17.7. The molecule has 1 saturated heterocycles. The molecule has 1 aromatic rings. The molecule has 1 heterocycles. The maximum Gasteiger partial charge on any atom is 0.255 e. The molecule has 0 aromatic heterocycles. The molecule has 1 aliphatic rings. The van der Waals surface area contributed by atoms with Crippen LogP contribution in [-0.2, 0) is 0 Å². The van der Waals surface area contributed by atoms with E-state index in [1.54, 1.807) is 11.8 Å². The van der Waals surface area contributed by atoms with Crippen molar-refractivity contribution >= 4 is 29.4 Å². The minimum Gasteiger partial charge on any atom is -0.333 e. The SMILES string of the molecule is CCSc1ccccc1C(=O)N1CCCSCC1CN(C)C. The van der Waals surface area contributed by atoms with Crippen molar-refractivity contribution in [2.24, 2.45) is 0 Å². The topological polar surface area (TPSA) is 23.6 Å². The summed E-state index contributed by atoms with van der Waals surface area (Å²) in [7, 11) is 4.16. The van der Waals surface area contributed by atoms with Crippen LogP contribution in [0.5, 0.6) is 0 Å². The lowest BCUT2D eigenvalue weighted by Gasteiger charge is -2.32. The molecular formula is C17H26N2OS2. The molecule has 0 spiro atoms. The standard InChI is InChI=1S/C17H26N2OS2/c1-4-22-16-9-6-5-8-15(16)17(20)19-10-7-11-21-13-14(19)12-18(2)3/h5-6,8-9,14H,4,7,10-13H2,1-3H3. The zero-order chi connectivity index (χ0) is 15.9. The number of nitrogens with zero attached hydrogens (tertiary/aromatic N) is 2. The summed E-state index contributed by atoms with van der Waals surface area (Å²) in [6.07, 6.45) is 1.09. The summed E-state index contributed by atoms with van der Waals surface area (Å²) in [6, 6.07) is 8.33. The van der Waals surface area contributed by atoms with Crippen LogP contribution in [0.25, 0.3) is 0 Å². The Balaban J connectivity index is 2.24. The van der Waals surface area contributed by atoms with Gasteiger partial charge >= 0.3 is 0 Å². The summed E-state index contributed by atoms with van der Waals surface area (Å²) in [5.41, 5.74) is 0.866. The van der Waals surface area contributed by atoms with Crippen molar-refractivity contribution in [2.75, 3.05) is 44.4 Å². The molecule has 1 unspecified atom stereocenters. The van der Waals surface area contributed by atoms with Crippen molar-refractivity contribution in [1.82, 2.24) is 9.80 Å². The molecule has 2 rings (SSSR count). The van der Waals surface area contributed by atoms with Gasteiger partial charge in [0.25, 0.3) is 5.91 Å². The van der Waals surface area contributed by atoms with Gasteiger partial charge in [-0.05, 0) is 44.2 Å². The zero-order valence-electron chi connectivity index (χ0n) is 13.7. The number of carbonyl (C=O) groups excluding carboxylic acids is 1. The average molecular weight is 339 g/mol. The molecule has 0 radical (unpaired) electrons. The van der Waals surface area contributed by atoms with Crippen LogP contribution < -0.4 is 0 Å². The number of hydrogen-bond donors (Lipinski definition) is 0. The van der Waals surface area contributed by atoms with Gasteiger partial charge in [-0.25, -0.2) is 0 Å². The fraction of sp³-hybridized carbons (Fsp3) is 0.588. The van der Waals surface area contributed by atoms with E-state index in [1.807, 2.05) is 30.0 Å². The van der Waals surface area contributed by atoms with Gasteiger partial charge < -0.3 is 9.80 Å². The fourth-order valence-electron chi connectivity index (χ4n) is 2.75. The average Bonchev–Trinajstić information content (AvgIpc) is 2.72. The Morgan fingerprint density at radius 2 is 2.18 bits per heavy atom. The van der Waals surface area contributed by atoms with Crippen molar-refractivity contribution in [3.8, 4) is 0 Å². The quantitative estimate of drug-likeness (QED) is 0.769. The lowest BCUT2D eigenvalue weighted by atomic mass is 10.1. The number of benzene rings is 1. The van der Waals surface area contributed by atoms with Gasteiger partial charge in [-0.15, -0.1) is 11.8 Å². The largest absolute Gasteiger partial charge is 0.333 e. The summed E-state index contributed by atoms with van der Waals surface area (Å²) in [6.45, 7) is 3.93. The van der Waals surface area contributed by atoms with Gasteiger partial charge in [0.15, 0.2) is 0 Å². The van der Waals surface area contributed by atoms with Crippen LogP contribution in [0.3, 0.4) is 0 Å². The molecule has 5 heteroatoms. The minimum absolute atomic E-state index is 0.200. The van der Waals surface area contributed by atoms with E-state index >= 15 is 0 Å². The van der Waals surface area contributed by atoms with Crippen LogP contribution in [0.4, 0.5) is 0 Å². The van der Waals surface area contributed by atoms with Crippen molar-refractivity contribution in [3.63, 3.8) is 0 Å². The Bertz CT molecular complexity index is 493.